The fraction of sp³-hybridized carbons (Fsp3) is 0.505. The fourth-order valence-corrected chi connectivity index (χ4v) is 10.9. The highest BCUT2D eigenvalue weighted by atomic mass is 32.2. The van der Waals surface area contributed by atoms with Gasteiger partial charge in [0.25, 0.3) is 0 Å². The van der Waals surface area contributed by atoms with Crippen LogP contribution in [-0.4, -0.2) is 98.4 Å². The van der Waals surface area contributed by atoms with E-state index in [1.165, 1.54) is 85.0 Å². The lowest BCUT2D eigenvalue weighted by molar-refractivity contribution is -0.0334. The van der Waals surface area contributed by atoms with Crippen molar-refractivity contribution >= 4 is 106 Å². The minimum Gasteiger partial charge on any atom is -0.464 e. The summed E-state index contributed by atoms with van der Waals surface area (Å²) in [6.45, 7) is 77.5. The van der Waals surface area contributed by atoms with Gasteiger partial charge in [-0.3, -0.25) is 0 Å². The minimum atomic E-state index is 0.778. The molecule has 3 saturated heterocycles. The largest absolute Gasteiger partial charge is 0.464 e. The molecule has 624 valence electrons. The molecule has 9 nitrogen and oxygen atoms in total. The van der Waals surface area contributed by atoms with E-state index in [2.05, 4.69) is 137 Å². The molecule has 13 heteroatoms. The molecule has 5 aromatic carbocycles. The quantitative estimate of drug-likeness (QED) is 0.119. The van der Waals surface area contributed by atoms with Crippen molar-refractivity contribution in [2.24, 2.45) is 0 Å². The second-order valence-corrected chi connectivity index (χ2v) is 20.4. The smallest absolute Gasteiger partial charge is 0.133 e. The number of thiophene rings is 1. The van der Waals surface area contributed by atoms with E-state index >= 15 is 0 Å². The second kappa shape index (κ2) is 125. The number of imidazole rings is 1. The van der Waals surface area contributed by atoms with Crippen LogP contribution < -0.4 is 5.32 Å². The van der Waals surface area contributed by atoms with Gasteiger partial charge in [0.15, 0.2) is 0 Å². The first-order chi connectivity index (χ1) is 53.8. The molecule has 3 fully saturated rings. The lowest BCUT2D eigenvalue weighted by atomic mass is 10.3. The van der Waals surface area contributed by atoms with Gasteiger partial charge in [-0.2, -0.15) is 35.3 Å². The van der Waals surface area contributed by atoms with Crippen LogP contribution in [0, 0.1) is 0 Å². The Morgan fingerprint density at radius 1 is 0.315 bits per heavy atom. The Bertz CT molecular complexity index is 2490. The highest BCUT2D eigenvalue weighted by Crippen LogP contribution is 2.19. The van der Waals surface area contributed by atoms with E-state index in [0.717, 1.165) is 48.4 Å². The lowest BCUT2D eigenvalue weighted by Crippen LogP contribution is -2.24. The van der Waals surface area contributed by atoms with Crippen molar-refractivity contribution in [2.45, 2.75) is 249 Å². The fourth-order valence-electron chi connectivity index (χ4n) is 7.06. The number of aromatic amines is 3. The Labute approximate surface area is 686 Å². The van der Waals surface area contributed by atoms with Crippen molar-refractivity contribution in [1.82, 2.24) is 29.7 Å². The SMILES string of the molecule is C1COCCO1.C1CSCCN1.C1CSCCS1.CC.CC.CC.CC.CC.CC.CC.CC.CC.CC.CC.CC.CC.CC.CC.CC.CC.CC.c1ccc2[nH]ccc2c1.c1ccc2[nH]ccc2c1.c1ccc2[nH]cnc2c1.c1ccc2occc2c1.c1ccc2sccc2c1.c1ccn2cccc2c1. The zero-order valence-electron chi connectivity index (χ0n) is 76.5. The number of fused-ring (bicyclic) bond motifs is 6. The first kappa shape index (κ1) is 128. The van der Waals surface area contributed by atoms with Crippen molar-refractivity contribution in [3.63, 3.8) is 0 Å². The third kappa shape index (κ3) is 75.3. The Morgan fingerprint density at radius 2 is 0.676 bits per heavy atom. The summed E-state index contributed by atoms with van der Waals surface area (Å²) >= 11 is 7.97. The van der Waals surface area contributed by atoms with Gasteiger partial charge in [0.05, 0.1) is 50.1 Å². The zero-order chi connectivity index (χ0) is 85.4. The number of hydrogen-bond donors (Lipinski definition) is 4. The van der Waals surface area contributed by atoms with Gasteiger partial charge in [0, 0.05) is 99.0 Å². The number of pyridine rings is 1. The van der Waals surface area contributed by atoms with E-state index in [1.807, 2.05) is 383 Å². The van der Waals surface area contributed by atoms with Crippen LogP contribution in [0.5, 0.6) is 0 Å². The van der Waals surface area contributed by atoms with E-state index in [1.54, 1.807) is 23.9 Å². The molecule has 15 rings (SSSR count). The van der Waals surface area contributed by atoms with Crippen LogP contribution in [-0.2, 0) is 9.47 Å². The average Bonchev–Trinajstić information content (AvgIpc) is 1.80. The summed E-state index contributed by atoms with van der Waals surface area (Å²) in [5.41, 5.74) is 6.74. The number of ether oxygens (including phenoxy) is 2. The van der Waals surface area contributed by atoms with E-state index in [0.29, 0.717) is 0 Å². The van der Waals surface area contributed by atoms with Crippen LogP contribution in [0.3, 0.4) is 0 Å². The van der Waals surface area contributed by atoms with Crippen molar-refractivity contribution in [1.29, 1.82) is 0 Å². The maximum atomic E-state index is 5.12. The molecule has 10 heterocycles. The van der Waals surface area contributed by atoms with Crippen LogP contribution >= 0.6 is 46.6 Å². The van der Waals surface area contributed by atoms with Gasteiger partial charge in [-0.25, -0.2) is 4.98 Å². The number of rotatable bonds is 0. The molecule has 0 unspecified atom stereocenters. The molecule has 3 aliphatic heterocycles. The monoisotopic (exact) mass is 1570 g/mol. The summed E-state index contributed by atoms with van der Waals surface area (Å²) in [5.74, 6) is 8.13. The van der Waals surface area contributed by atoms with Crippen molar-refractivity contribution in [2.75, 3.05) is 74.0 Å². The van der Waals surface area contributed by atoms with Gasteiger partial charge >= 0.3 is 0 Å². The van der Waals surface area contributed by atoms with Gasteiger partial charge in [0.1, 0.15) is 5.58 Å². The molecule has 7 aromatic heterocycles. The molecule has 0 saturated carbocycles. The predicted octanol–water partition coefficient (Wildman–Crippen LogP) is 33.5. The van der Waals surface area contributed by atoms with Gasteiger partial charge in [0.2, 0.25) is 0 Å². The molecule has 0 atom stereocenters. The van der Waals surface area contributed by atoms with Crippen LogP contribution in [0.1, 0.15) is 249 Å². The third-order valence-electron chi connectivity index (χ3n) is 10.7. The summed E-state index contributed by atoms with van der Waals surface area (Å²) in [6.07, 6.45) is 11.4. The van der Waals surface area contributed by atoms with Gasteiger partial charge in [-0.05, 0) is 106 Å². The maximum Gasteiger partial charge on any atom is 0.133 e. The van der Waals surface area contributed by atoms with Gasteiger partial charge in [-0.1, -0.05) is 340 Å². The third-order valence-corrected chi connectivity index (χ3v) is 15.1. The maximum absolute atomic E-state index is 5.12. The molecular formula is C95H172N6O3S4. The topological polar surface area (TPSA) is 108 Å². The Balaban J connectivity index is -0.0000000914. The number of nitrogens with zero attached hydrogens (tertiary/aromatic N) is 2. The highest BCUT2D eigenvalue weighted by Gasteiger charge is 1.97. The molecule has 0 amide bonds. The number of hydrogen-bond acceptors (Lipinski definition) is 9. The minimum absolute atomic E-state index is 0.778. The Hall–Kier alpha value is -6.16. The van der Waals surface area contributed by atoms with E-state index in [-0.39, 0.29) is 0 Å². The first-order valence-corrected chi connectivity index (χ1v) is 46.5. The van der Waals surface area contributed by atoms with E-state index in [9.17, 15) is 0 Å². The number of nitrogens with one attached hydrogen (secondary N) is 4. The van der Waals surface area contributed by atoms with E-state index in [4.69, 9.17) is 13.9 Å². The Kier molecular flexibility index (Phi) is 148. The summed E-state index contributed by atoms with van der Waals surface area (Å²) < 4.78 is 18.5. The summed E-state index contributed by atoms with van der Waals surface area (Å²) in [5, 5.41) is 10.4. The number of aromatic nitrogens is 5. The first-order valence-electron chi connectivity index (χ1n) is 42.2. The summed E-state index contributed by atoms with van der Waals surface area (Å²) in [7, 11) is 0. The summed E-state index contributed by atoms with van der Waals surface area (Å²) in [6, 6.07) is 59.2. The number of furan rings is 1. The van der Waals surface area contributed by atoms with Crippen molar-refractivity contribution < 1.29 is 13.9 Å². The molecule has 0 aliphatic carbocycles. The van der Waals surface area contributed by atoms with Crippen LogP contribution in [0.15, 0.2) is 223 Å². The molecule has 0 spiro atoms. The average molecular weight is 1570 g/mol. The molecule has 0 bridgehead atoms. The van der Waals surface area contributed by atoms with Crippen molar-refractivity contribution in [3.8, 4) is 0 Å². The standard InChI is InChI=1S/3C8H7N.C8H6O.C8H6S.C7H6N2.C4H9NS.C4H8O2.C4H8S2.18C2H6/c1-2-6-9-7-3-5-8(9)4-1;4*1-2-4-8-7(3-1)5-6-9-8;1-2-4-7-6(3-1)8-5-9-7;1-3-6-4-2-5-1;2*1-2-6-4-3-5-1;18*1-2/h1-7H;2*1-6,9H;2*1-6H;1-5H,(H,8,9);5H,1-4H2;2*1-4H2;18*1-2H3. The molecule has 12 aromatic rings. The number of H-pyrrole nitrogens is 3. The molecule has 0 radical (unpaired) electrons. The van der Waals surface area contributed by atoms with Crippen LogP contribution in [0.25, 0.3) is 59.4 Å². The summed E-state index contributed by atoms with van der Waals surface area (Å²) in [4.78, 5) is 13.3. The predicted molar refractivity (Wildman–Crippen MR) is 519 cm³/mol. The Morgan fingerprint density at radius 3 is 1.05 bits per heavy atom. The number of para-hydroxylation sites is 5. The number of thioether (sulfide) groups is 3. The lowest BCUT2D eigenvalue weighted by Gasteiger charge is -2.09. The number of benzene rings is 5. The highest BCUT2D eigenvalue weighted by molar-refractivity contribution is 8.06. The molecular weight excluding hydrogens is 1400 g/mol. The van der Waals surface area contributed by atoms with Crippen molar-refractivity contribution in [3.05, 3.63) is 219 Å². The second-order valence-electron chi connectivity index (χ2n) is 15.8. The van der Waals surface area contributed by atoms with Gasteiger partial charge in [-0.15, -0.1) is 11.3 Å². The van der Waals surface area contributed by atoms with Crippen LogP contribution in [0.4, 0.5) is 0 Å². The van der Waals surface area contributed by atoms with E-state index < -0.39 is 0 Å². The van der Waals surface area contributed by atoms with Crippen LogP contribution in [0.2, 0.25) is 0 Å². The molecule has 4 N–H and O–H groups in total. The zero-order valence-corrected chi connectivity index (χ0v) is 79.8. The van der Waals surface area contributed by atoms with Gasteiger partial charge < -0.3 is 38.6 Å². The molecule has 108 heavy (non-hydrogen) atoms. The molecule has 3 aliphatic rings. The normalized spacial score (nSPS) is 10.1.